The quantitative estimate of drug-likeness (QED) is 0.491. The third kappa shape index (κ3) is 5.03. The van der Waals surface area contributed by atoms with Crippen molar-refractivity contribution in [2.75, 3.05) is 5.32 Å². The summed E-state index contributed by atoms with van der Waals surface area (Å²) in [7, 11) is 0. The molecule has 2 aromatic rings. The average Bonchev–Trinajstić information content (AvgIpc) is 2.57. The molecule has 0 saturated carbocycles. The zero-order valence-electron chi connectivity index (χ0n) is 12.5. The monoisotopic (exact) mass is 373 g/mol. The minimum Gasteiger partial charge on any atom is -0.318 e. The van der Waals surface area contributed by atoms with Crippen LogP contribution in [0.1, 0.15) is 18.1 Å². The van der Waals surface area contributed by atoms with Crippen LogP contribution in [0.5, 0.6) is 0 Å². The minimum atomic E-state index is -0.826. The number of rotatable bonds is 4. The summed E-state index contributed by atoms with van der Waals surface area (Å²) in [4.78, 5) is 23.5. The summed E-state index contributed by atoms with van der Waals surface area (Å²) < 4.78 is 0.846. The highest BCUT2D eigenvalue weighted by molar-refractivity contribution is 9.10. The van der Waals surface area contributed by atoms with E-state index in [0.717, 1.165) is 22.0 Å². The van der Waals surface area contributed by atoms with Crippen molar-refractivity contribution in [1.82, 2.24) is 5.43 Å². The Bertz CT molecular complexity index is 727. The Kier molecular flexibility index (Phi) is 6.05. The summed E-state index contributed by atoms with van der Waals surface area (Å²) in [5.41, 5.74) is 4.72. The Labute approximate surface area is 142 Å². The van der Waals surface area contributed by atoms with Gasteiger partial charge in [0.2, 0.25) is 0 Å². The first-order chi connectivity index (χ1) is 11.1. The molecule has 5 nitrogen and oxygen atoms in total. The van der Waals surface area contributed by atoms with Gasteiger partial charge >= 0.3 is 11.8 Å². The van der Waals surface area contributed by atoms with Crippen molar-refractivity contribution in [2.45, 2.75) is 13.3 Å². The topological polar surface area (TPSA) is 70.6 Å². The van der Waals surface area contributed by atoms with Gasteiger partial charge in [0, 0.05) is 15.7 Å². The first-order valence-corrected chi connectivity index (χ1v) is 7.87. The first kappa shape index (κ1) is 16.9. The normalized spacial score (nSPS) is 10.5. The van der Waals surface area contributed by atoms with Gasteiger partial charge in [-0.25, -0.2) is 5.43 Å². The van der Waals surface area contributed by atoms with Gasteiger partial charge in [-0.3, -0.25) is 9.59 Å². The molecule has 0 radical (unpaired) electrons. The molecule has 0 spiro atoms. The fourth-order valence-corrected chi connectivity index (χ4v) is 2.19. The molecule has 0 heterocycles. The number of benzene rings is 2. The molecule has 2 N–H and O–H groups in total. The number of nitrogens with zero attached hydrogens (tertiary/aromatic N) is 1. The second-order valence-electron chi connectivity index (χ2n) is 4.73. The van der Waals surface area contributed by atoms with Crippen LogP contribution in [-0.2, 0) is 16.0 Å². The van der Waals surface area contributed by atoms with Crippen molar-refractivity contribution in [2.24, 2.45) is 5.10 Å². The molecule has 118 valence electrons. The van der Waals surface area contributed by atoms with E-state index >= 15 is 0 Å². The lowest BCUT2D eigenvalue weighted by Gasteiger charge is -2.04. The molecule has 0 aliphatic carbocycles. The Morgan fingerprint density at radius 3 is 2.43 bits per heavy atom. The predicted octanol–water partition coefficient (Wildman–Crippen LogP) is 3.10. The standard InChI is InChI=1S/C17H16BrN3O2/c1-2-12-7-9-14(10-8-12)20-16(22)17(23)21-19-11-13-5-3-4-6-15(13)18/h3-11H,2H2,1H3,(H,20,22)(H,21,23)/b19-11-. The molecule has 0 saturated heterocycles. The van der Waals surface area contributed by atoms with Crippen LogP contribution in [0.3, 0.4) is 0 Å². The Morgan fingerprint density at radius 2 is 1.78 bits per heavy atom. The van der Waals surface area contributed by atoms with E-state index in [0.29, 0.717) is 5.69 Å². The molecule has 0 aromatic heterocycles. The van der Waals surface area contributed by atoms with Gasteiger partial charge in [-0.1, -0.05) is 53.2 Å². The molecule has 2 aromatic carbocycles. The van der Waals surface area contributed by atoms with Gasteiger partial charge in [-0.2, -0.15) is 5.10 Å². The highest BCUT2D eigenvalue weighted by atomic mass is 79.9. The lowest BCUT2D eigenvalue weighted by atomic mass is 10.1. The fraction of sp³-hybridized carbons (Fsp3) is 0.118. The number of amides is 2. The third-order valence-corrected chi connectivity index (χ3v) is 3.82. The van der Waals surface area contributed by atoms with Crippen LogP contribution >= 0.6 is 15.9 Å². The molecular weight excluding hydrogens is 358 g/mol. The smallest absolute Gasteiger partial charge is 0.318 e. The molecule has 0 aliphatic heterocycles. The van der Waals surface area contributed by atoms with Crippen LogP contribution < -0.4 is 10.7 Å². The van der Waals surface area contributed by atoms with Crippen LogP contribution in [0.4, 0.5) is 5.69 Å². The van der Waals surface area contributed by atoms with Gasteiger partial charge < -0.3 is 5.32 Å². The summed E-state index contributed by atoms with van der Waals surface area (Å²) in [6, 6.07) is 14.7. The van der Waals surface area contributed by atoms with Gasteiger partial charge in [-0.15, -0.1) is 0 Å². The Balaban J connectivity index is 1.89. The van der Waals surface area contributed by atoms with E-state index < -0.39 is 11.8 Å². The molecule has 0 fully saturated rings. The molecule has 0 bridgehead atoms. The molecule has 2 amide bonds. The highest BCUT2D eigenvalue weighted by Gasteiger charge is 2.12. The number of nitrogens with one attached hydrogen (secondary N) is 2. The number of carbonyl (C=O) groups is 2. The SMILES string of the molecule is CCc1ccc(NC(=O)C(=O)N/N=C\c2ccccc2Br)cc1. The van der Waals surface area contributed by atoms with E-state index in [1.165, 1.54) is 6.21 Å². The summed E-state index contributed by atoms with van der Waals surface area (Å²) >= 11 is 3.37. The molecule has 2 rings (SSSR count). The molecule has 0 atom stereocenters. The second-order valence-corrected chi connectivity index (χ2v) is 5.58. The Morgan fingerprint density at radius 1 is 1.09 bits per heavy atom. The highest BCUT2D eigenvalue weighted by Crippen LogP contribution is 2.13. The number of hydrogen-bond donors (Lipinski definition) is 2. The zero-order valence-corrected chi connectivity index (χ0v) is 14.1. The van der Waals surface area contributed by atoms with Crippen molar-refractivity contribution in [3.8, 4) is 0 Å². The van der Waals surface area contributed by atoms with Crippen molar-refractivity contribution in [1.29, 1.82) is 0 Å². The van der Waals surface area contributed by atoms with Crippen LogP contribution in [0, 0.1) is 0 Å². The number of hydrogen-bond acceptors (Lipinski definition) is 3. The maximum atomic E-state index is 11.8. The molecule has 6 heteroatoms. The van der Waals surface area contributed by atoms with E-state index in [1.807, 2.05) is 43.3 Å². The van der Waals surface area contributed by atoms with Crippen LogP contribution in [0.15, 0.2) is 58.1 Å². The fourth-order valence-electron chi connectivity index (χ4n) is 1.80. The van der Waals surface area contributed by atoms with Gasteiger partial charge in [0.25, 0.3) is 0 Å². The van der Waals surface area contributed by atoms with Crippen LogP contribution in [0.2, 0.25) is 0 Å². The van der Waals surface area contributed by atoms with E-state index in [1.54, 1.807) is 12.1 Å². The van der Waals surface area contributed by atoms with Gasteiger partial charge in [0.05, 0.1) is 6.21 Å². The number of carbonyl (C=O) groups excluding carboxylic acids is 2. The van der Waals surface area contributed by atoms with E-state index in [4.69, 9.17) is 0 Å². The summed E-state index contributed by atoms with van der Waals surface area (Å²) in [5, 5.41) is 6.30. The molecular formula is C17H16BrN3O2. The van der Waals surface area contributed by atoms with Crippen molar-refractivity contribution in [3.63, 3.8) is 0 Å². The maximum Gasteiger partial charge on any atom is 0.329 e. The van der Waals surface area contributed by atoms with E-state index in [-0.39, 0.29) is 0 Å². The van der Waals surface area contributed by atoms with E-state index in [2.05, 4.69) is 31.8 Å². The average molecular weight is 374 g/mol. The lowest BCUT2D eigenvalue weighted by Crippen LogP contribution is -2.32. The minimum absolute atomic E-state index is 0.567. The number of aryl methyl sites for hydroxylation is 1. The predicted molar refractivity (Wildman–Crippen MR) is 94.3 cm³/mol. The molecule has 23 heavy (non-hydrogen) atoms. The maximum absolute atomic E-state index is 11.8. The van der Waals surface area contributed by atoms with E-state index in [9.17, 15) is 9.59 Å². The zero-order chi connectivity index (χ0) is 16.7. The number of hydrazone groups is 1. The van der Waals surface area contributed by atoms with Crippen LogP contribution in [0.25, 0.3) is 0 Å². The largest absolute Gasteiger partial charge is 0.329 e. The molecule has 0 unspecified atom stereocenters. The summed E-state index contributed by atoms with van der Waals surface area (Å²) in [6.07, 6.45) is 2.38. The lowest BCUT2D eigenvalue weighted by molar-refractivity contribution is -0.136. The van der Waals surface area contributed by atoms with Gasteiger partial charge in [0.15, 0.2) is 0 Å². The number of halogens is 1. The second kappa shape index (κ2) is 8.24. The summed E-state index contributed by atoms with van der Waals surface area (Å²) in [6.45, 7) is 2.05. The van der Waals surface area contributed by atoms with Crippen molar-refractivity contribution in [3.05, 3.63) is 64.1 Å². The molecule has 0 aliphatic rings. The van der Waals surface area contributed by atoms with Gasteiger partial charge in [0.1, 0.15) is 0 Å². The Hall–Kier alpha value is -2.47. The first-order valence-electron chi connectivity index (χ1n) is 7.08. The summed E-state index contributed by atoms with van der Waals surface area (Å²) in [5.74, 6) is -1.59. The van der Waals surface area contributed by atoms with Crippen LogP contribution in [-0.4, -0.2) is 18.0 Å². The third-order valence-electron chi connectivity index (χ3n) is 3.10. The number of anilines is 1. The van der Waals surface area contributed by atoms with Crippen molar-refractivity contribution >= 4 is 39.6 Å². The van der Waals surface area contributed by atoms with Crippen molar-refractivity contribution < 1.29 is 9.59 Å². The van der Waals surface area contributed by atoms with Gasteiger partial charge in [-0.05, 0) is 30.2 Å².